The number of aryl methyl sites for hydroxylation is 2. The molecule has 7 rings (SSSR count). The van der Waals surface area contributed by atoms with E-state index in [9.17, 15) is 29.1 Å². The van der Waals surface area contributed by atoms with Gasteiger partial charge in [0.25, 0.3) is 5.56 Å². The molecule has 3 heterocycles. The fourth-order valence-electron chi connectivity index (χ4n) is 7.36. The van der Waals surface area contributed by atoms with Crippen LogP contribution in [0.15, 0.2) is 79.2 Å². The standard InChI is InChI=1S/C36H35N5O9/c1-6-50-27-9-7-8-20(33(27)44)30-19-10-13-40-35(46)39(36(47)41(40)24(19)15-21-26(42)14-18(2)32(43)31(21)30)12-11-22-34(45)38(3)25-17-29(49-5)28(48-4)16-23(25)37-22/h7-10,14,16-17,24,30,44H,6,11-13,15H2,1-5H3. The van der Waals surface area contributed by atoms with E-state index in [1.165, 1.54) is 34.2 Å². The first-order valence-electron chi connectivity index (χ1n) is 16.2. The molecule has 0 saturated carbocycles. The highest BCUT2D eigenvalue weighted by Crippen LogP contribution is 2.52. The highest BCUT2D eigenvalue weighted by molar-refractivity contribution is 6.23. The molecule has 2 unspecified atom stereocenters. The number of methoxy groups -OCH3 is 2. The van der Waals surface area contributed by atoms with Gasteiger partial charge in [0.1, 0.15) is 5.69 Å². The minimum atomic E-state index is -0.871. The molecule has 4 aromatic rings. The average Bonchev–Trinajstić information content (AvgIpc) is 3.36. The summed E-state index contributed by atoms with van der Waals surface area (Å²) < 4.78 is 21.5. The van der Waals surface area contributed by atoms with Crippen LogP contribution in [0.5, 0.6) is 23.0 Å². The number of fused-ring (bicyclic) bond motifs is 4. The number of aromatic nitrogens is 5. The lowest BCUT2D eigenvalue weighted by molar-refractivity contribution is -0.116. The van der Waals surface area contributed by atoms with Gasteiger partial charge in [0.2, 0.25) is 0 Å². The van der Waals surface area contributed by atoms with Crippen LogP contribution in [0.3, 0.4) is 0 Å². The van der Waals surface area contributed by atoms with Gasteiger partial charge >= 0.3 is 11.4 Å². The smallest absolute Gasteiger partial charge is 0.347 e. The number of benzene rings is 2. The molecule has 0 radical (unpaired) electrons. The molecule has 3 aliphatic rings. The second kappa shape index (κ2) is 12.2. The average molecular weight is 682 g/mol. The first-order valence-corrected chi connectivity index (χ1v) is 16.2. The summed E-state index contributed by atoms with van der Waals surface area (Å²) in [5.74, 6) is -0.636. The molecule has 0 bridgehead atoms. The molecule has 2 aliphatic carbocycles. The maximum atomic E-state index is 14.1. The van der Waals surface area contributed by atoms with E-state index in [4.69, 9.17) is 14.2 Å². The first-order chi connectivity index (χ1) is 24.0. The monoisotopic (exact) mass is 681 g/mol. The van der Waals surface area contributed by atoms with E-state index in [1.807, 2.05) is 0 Å². The van der Waals surface area contributed by atoms with Crippen LogP contribution < -0.4 is 31.1 Å². The molecule has 14 nitrogen and oxygen atoms in total. The maximum Gasteiger partial charge on any atom is 0.347 e. The Balaban J connectivity index is 1.30. The largest absolute Gasteiger partial charge is 0.504 e. The lowest BCUT2D eigenvalue weighted by Gasteiger charge is -2.39. The summed E-state index contributed by atoms with van der Waals surface area (Å²) >= 11 is 0. The number of rotatable bonds is 8. The molecule has 2 atom stereocenters. The van der Waals surface area contributed by atoms with Gasteiger partial charge in [0.05, 0.1) is 44.4 Å². The van der Waals surface area contributed by atoms with Crippen molar-refractivity contribution < 1.29 is 28.9 Å². The molecule has 0 fully saturated rings. The van der Waals surface area contributed by atoms with E-state index in [0.29, 0.717) is 40.3 Å². The van der Waals surface area contributed by atoms with Gasteiger partial charge in [-0.05, 0) is 31.6 Å². The normalized spacial score (nSPS) is 18.3. The number of aromatic hydroxyl groups is 1. The number of Topliss-reactive ketones (excluding diaryl/α,β-unsaturated/α-hetero) is 1. The summed E-state index contributed by atoms with van der Waals surface area (Å²) in [6, 6.07) is 7.48. The van der Waals surface area contributed by atoms with Crippen LogP contribution in [-0.4, -0.2) is 61.0 Å². The van der Waals surface area contributed by atoms with Crippen molar-refractivity contribution in [1.82, 2.24) is 23.5 Å². The Morgan fingerprint density at radius 2 is 1.74 bits per heavy atom. The quantitative estimate of drug-likeness (QED) is 0.216. The third kappa shape index (κ3) is 4.84. The van der Waals surface area contributed by atoms with E-state index < -0.39 is 28.9 Å². The molecule has 0 saturated heterocycles. The van der Waals surface area contributed by atoms with E-state index in [2.05, 4.69) is 4.98 Å². The van der Waals surface area contributed by atoms with Crippen LogP contribution in [0, 0.1) is 0 Å². The number of nitrogens with zero attached hydrogens (tertiary/aromatic N) is 5. The predicted molar refractivity (Wildman–Crippen MR) is 181 cm³/mol. The Morgan fingerprint density at radius 3 is 2.46 bits per heavy atom. The number of phenols is 1. The Hall–Kier alpha value is -5.92. The number of allylic oxidation sites excluding steroid dienone is 6. The topological polar surface area (TPSA) is 166 Å². The molecule has 1 N–H and O–H groups in total. The number of hydrogen-bond donors (Lipinski definition) is 1. The van der Waals surface area contributed by atoms with Crippen LogP contribution in [-0.2, 0) is 36.1 Å². The van der Waals surface area contributed by atoms with Crippen molar-refractivity contribution in [1.29, 1.82) is 0 Å². The summed E-state index contributed by atoms with van der Waals surface area (Å²) in [4.78, 5) is 72.9. The fraction of sp³-hybridized carbons (Fsp3) is 0.333. The van der Waals surface area contributed by atoms with Gasteiger partial charge in [0, 0.05) is 66.8 Å². The van der Waals surface area contributed by atoms with Crippen LogP contribution in [0.4, 0.5) is 0 Å². The zero-order chi connectivity index (χ0) is 35.6. The van der Waals surface area contributed by atoms with Crippen LogP contribution in [0.25, 0.3) is 11.0 Å². The number of carbonyl (C=O) groups excluding carboxylic acids is 2. The molecule has 1 aliphatic heterocycles. The maximum absolute atomic E-state index is 14.1. The summed E-state index contributed by atoms with van der Waals surface area (Å²) in [7, 11) is 4.59. The summed E-state index contributed by atoms with van der Waals surface area (Å²) in [5, 5.41) is 11.4. The summed E-state index contributed by atoms with van der Waals surface area (Å²) in [6.45, 7) is 3.52. The number of phenolic OH excluding ortho intramolecular Hbond substituents is 1. The van der Waals surface area contributed by atoms with Crippen LogP contribution in [0.1, 0.15) is 43.5 Å². The molecule has 0 spiro atoms. The zero-order valence-electron chi connectivity index (χ0n) is 28.2. The number of ketones is 2. The minimum Gasteiger partial charge on any atom is -0.504 e. The van der Waals surface area contributed by atoms with Gasteiger partial charge in [-0.1, -0.05) is 18.2 Å². The Morgan fingerprint density at radius 1 is 1.00 bits per heavy atom. The van der Waals surface area contributed by atoms with Gasteiger partial charge in [-0.25, -0.2) is 28.5 Å². The fourth-order valence-corrected chi connectivity index (χ4v) is 7.36. The van der Waals surface area contributed by atoms with Crippen molar-refractivity contribution in [3.05, 3.63) is 107 Å². The minimum absolute atomic E-state index is 0.000634. The molecule has 50 heavy (non-hydrogen) atoms. The molecule has 258 valence electrons. The zero-order valence-corrected chi connectivity index (χ0v) is 28.2. The van der Waals surface area contributed by atoms with Gasteiger partial charge in [-0.3, -0.25) is 14.4 Å². The SMILES string of the molecule is CCOc1cccc(C2C3=CCn4c(=O)n(CCc5nc6cc(OC)c(OC)cc6n(C)c5=O)c(=O)n4C3CC3=C2C(=O)C(C)=CC3=O)c1O. The van der Waals surface area contributed by atoms with Crippen molar-refractivity contribution in [2.24, 2.45) is 7.05 Å². The molecule has 0 amide bonds. The van der Waals surface area contributed by atoms with Crippen molar-refractivity contribution >= 4 is 22.6 Å². The van der Waals surface area contributed by atoms with Crippen molar-refractivity contribution in [2.75, 3.05) is 20.8 Å². The Bertz CT molecular complexity index is 2420. The number of para-hydroxylation sites is 1. The van der Waals surface area contributed by atoms with E-state index in [0.717, 1.165) is 4.57 Å². The highest BCUT2D eigenvalue weighted by atomic mass is 16.5. The van der Waals surface area contributed by atoms with Crippen molar-refractivity contribution in [3.8, 4) is 23.0 Å². The lowest BCUT2D eigenvalue weighted by Crippen LogP contribution is -2.40. The predicted octanol–water partition coefficient (Wildman–Crippen LogP) is 2.49. The second-order valence-electron chi connectivity index (χ2n) is 12.4. The number of ether oxygens (including phenoxy) is 3. The molecule has 2 aromatic heterocycles. The molecule has 14 heteroatoms. The number of carbonyl (C=O) groups is 2. The summed E-state index contributed by atoms with van der Waals surface area (Å²) in [5.41, 5.74) is 1.24. The van der Waals surface area contributed by atoms with Gasteiger partial charge < -0.3 is 23.9 Å². The van der Waals surface area contributed by atoms with Crippen molar-refractivity contribution in [3.63, 3.8) is 0 Å². The number of hydrogen-bond acceptors (Lipinski definition) is 10. The van der Waals surface area contributed by atoms with Crippen LogP contribution >= 0.6 is 0 Å². The second-order valence-corrected chi connectivity index (χ2v) is 12.4. The van der Waals surface area contributed by atoms with Crippen LogP contribution in [0.2, 0.25) is 0 Å². The molecular weight excluding hydrogens is 646 g/mol. The van der Waals surface area contributed by atoms with Gasteiger partial charge in [-0.15, -0.1) is 0 Å². The van der Waals surface area contributed by atoms with Gasteiger partial charge in [0.15, 0.2) is 34.6 Å². The molecular formula is C36H35N5O9. The van der Waals surface area contributed by atoms with Gasteiger partial charge in [-0.2, -0.15) is 0 Å². The third-order valence-electron chi connectivity index (χ3n) is 9.77. The highest BCUT2D eigenvalue weighted by Gasteiger charge is 2.45. The lowest BCUT2D eigenvalue weighted by atomic mass is 9.67. The van der Waals surface area contributed by atoms with E-state index in [1.54, 1.807) is 57.3 Å². The Kier molecular flexibility index (Phi) is 7.96. The third-order valence-corrected chi connectivity index (χ3v) is 9.77. The Labute approximate surface area is 284 Å². The summed E-state index contributed by atoms with van der Waals surface area (Å²) in [6.07, 6.45) is 3.05. The van der Waals surface area contributed by atoms with Crippen molar-refractivity contribution in [2.45, 2.75) is 51.7 Å². The first kappa shape index (κ1) is 32.6. The molecule has 2 aromatic carbocycles. The van der Waals surface area contributed by atoms with E-state index >= 15 is 0 Å². The van der Waals surface area contributed by atoms with E-state index in [-0.39, 0.29) is 71.4 Å².